The molecular formula is C13H17FN2O. The molecular weight excluding hydrogens is 219 g/mol. The summed E-state index contributed by atoms with van der Waals surface area (Å²) >= 11 is 0. The molecule has 92 valence electrons. The number of hydrogen-bond acceptors (Lipinski definition) is 2. The van der Waals surface area contributed by atoms with Crippen LogP contribution in [-0.2, 0) is 4.79 Å². The Labute approximate surface area is 100 Å². The topological polar surface area (TPSA) is 55.1 Å². The van der Waals surface area contributed by atoms with E-state index < -0.39 is 0 Å². The van der Waals surface area contributed by atoms with E-state index in [9.17, 15) is 9.18 Å². The van der Waals surface area contributed by atoms with Crippen LogP contribution in [0.25, 0.3) is 0 Å². The number of benzene rings is 1. The van der Waals surface area contributed by atoms with Crippen LogP contribution in [0.2, 0.25) is 0 Å². The van der Waals surface area contributed by atoms with Crippen molar-refractivity contribution in [2.24, 2.45) is 11.1 Å². The Hall–Kier alpha value is -1.42. The molecule has 1 fully saturated rings. The fourth-order valence-corrected chi connectivity index (χ4v) is 1.86. The van der Waals surface area contributed by atoms with E-state index in [2.05, 4.69) is 5.32 Å². The largest absolute Gasteiger partial charge is 0.349 e. The van der Waals surface area contributed by atoms with Crippen LogP contribution >= 0.6 is 0 Å². The van der Waals surface area contributed by atoms with Gasteiger partial charge in [-0.15, -0.1) is 0 Å². The maximum Gasteiger partial charge on any atom is 0.227 e. The van der Waals surface area contributed by atoms with Gasteiger partial charge in [-0.2, -0.15) is 0 Å². The molecule has 0 spiro atoms. The predicted octanol–water partition coefficient (Wildman–Crippen LogP) is 1.74. The number of hydrogen-bond donors (Lipinski definition) is 2. The molecule has 0 aliphatic heterocycles. The van der Waals surface area contributed by atoms with E-state index in [0.717, 1.165) is 18.4 Å². The smallest absolute Gasteiger partial charge is 0.227 e. The number of nitrogens with one attached hydrogen (secondary N) is 1. The van der Waals surface area contributed by atoms with Crippen molar-refractivity contribution >= 4 is 5.91 Å². The molecule has 1 aliphatic carbocycles. The average Bonchev–Trinajstić information content (AvgIpc) is 3.10. The third kappa shape index (κ3) is 2.47. The second-order valence-electron chi connectivity index (χ2n) is 4.73. The van der Waals surface area contributed by atoms with Crippen molar-refractivity contribution in [2.45, 2.75) is 25.8 Å². The molecule has 0 unspecified atom stereocenters. The Morgan fingerprint density at radius 3 is 2.53 bits per heavy atom. The Bertz CT molecular complexity index is 412. The summed E-state index contributed by atoms with van der Waals surface area (Å²) in [5.74, 6) is -0.260. The molecule has 1 amide bonds. The lowest BCUT2D eigenvalue weighted by Crippen LogP contribution is -2.37. The molecule has 0 bridgehead atoms. The molecule has 1 saturated carbocycles. The first-order valence-corrected chi connectivity index (χ1v) is 5.84. The van der Waals surface area contributed by atoms with Crippen LogP contribution < -0.4 is 11.1 Å². The zero-order valence-corrected chi connectivity index (χ0v) is 9.87. The quantitative estimate of drug-likeness (QED) is 0.836. The highest BCUT2D eigenvalue weighted by atomic mass is 19.1. The second kappa shape index (κ2) is 4.45. The van der Waals surface area contributed by atoms with Crippen molar-refractivity contribution in [3.05, 3.63) is 35.6 Å². The van der Waals surface area contributed by atoms with Crippen LogP contribution in [0.5, 0.6) is 0 Å². The lowest BCUT2D eigenvalue weighted by atomic mass is 10.0. The molecule has 3 nitrogen and oxygen atoms in total. The fraction of sp³-hybridized carbons (Fsp3) is 0.462. The lowest BCUT2D eigenvalue weighted by Gasteiger charge is -2.18. The van der Waals surface area contributed by atoms with Gasteiger partial charge in [0.25, 0.3) is 0 Å². The minimum Gasteiger partial charge on any atom is -0.349 e. The van der Waals surface area contributed by atoms with Crippen LogP contribution in [0, 0.1) is 11.2 Å². The monoisotopic (exact) mass is 236 g/mol. The molecule has 1 atom stereocenters. The van der Waals surface area contributed by atoms with E-state index in [-0.39, 0.29) is 23.2 Å². The molecule has 1 aromatic carbocycles. The first-order chi connectivity index (χ1) is 8.07. The molecule has 17 heavy (non-hydrogen) atoms. The van der Waals surface area contributed by atoms with Gasteiger partial charge in [-0.05, 0) is 37.5 Å². The average molecular weight is 236 g/mol. The lowest BCUT2D eigenvalue weighted by molar-refractivity contribution is -0.126. The summed E-state index contributed by atoms with van der Waals surface area (Å²) in [6.07, 6.45) is 1.73. The number of nitrogens with two attached hydrogens (primary N) is 1. The summed E-state index contributed by atoms with van der Waals surface area (Å²) in [6.45, 7) is 2.28. The third-order valence-corrected chi connectivity index (χ3v) is 3.44. The van der Waals surface area contributed by atoms with Gasteiger partial charge in [0.2, 0.25) is 5.91 Å². The highest BCUT2D eigenvalue weighted by molar-refractivity contribution is 5.85. The van der Waals surface area contributed by atoms with Gasteiger partial charge in [-0.3, -0.25) is 4.79 Å². The van der Waals surface area contributed by atoms with Crippen LogP contribution in [0.4, 0.5) is 4.39 Å². The first-order valence-electron chi connectivity index (χ1n) is 5.84. The van der Waals surface area contributed by atoms with Crippen molar-refractivity contribution in [1.82, 2.24) is 5.32 Å². The van der Waals surface area contributed by atoms with Crippen LogP contribution in [0.15, 0.2) is 24.3 Å². The normalized spacial score (nSPS) is 18.5. The van der Waals surface area contributed by atoms with Crippen LogP contribution in [0.1, 0.15) is 31.4 Å². The Morgan fingerprint density at radius 2 is 2.06 bits per heavy atom. The van der Waals surface area contributed by atoms with E-state index in [4.69, 9.17) is 5.73 Å². The van der Waals surface area contributed by atoms with Crippen LogP contribution in [-0.4, -0.2) is 12.5 Å². The number of rotatable bonds is 4. The summed E-state index contributed by atoms with van der Waals surface area (Å²) in [5, 5.41) is 2.93. The fourth-order valence-electron chi connectivity index (χ4n) is 1.86. The highest BCUT2D eigenvalue weighted by Gasteiger charge is 2.48. The third-order valence-electron chi connectivity index (χ3n) is 3.44. The van der Waals surface area contributed by atoms with Gasteiger partial charge in [0.1, 0.15) is 5.82 Å². The molecule has 4 heteroatoms. The molecule has 0 aromatic heterocycles. The standard InChI is InChI=1S/C13H17FN2O/c1-9(10-2-4-11(14)5-3-10)16-12(17)13(8-15)6-7-13/h2-5,9H,6-8,15H2,1H3,(H,16,17)/t9-/m0/s1. The van der Waals surface area contributed by atoms with Crippen molar-refractivity contribution in [1.29, 1.82) is 0 Å². The highest BCUT2D eigenvalue weighted by Crippen LogP contribution is 2.45. The second-order valence-corrected chi connectivity index (χ2v) is 4.73. The number of carbonyl (C=O) groups excluding carboxylic acids is 1. The Kier molecular flexibility index (Phi) is 3.15. The molecule has 3 N–H and O–H groups in total. The van der Waals surface area contributed by atoms with E-state index in [1.54, 1.807) is 12.1 Å². The summed E-state index contributed by atoms with van der Waals surface area (Å²) < 4.78 is 12.8. The van der Waals surface area contributed by atoms with Gasteiger partial charge in [-0.1, -0.05) is 12.1 Å². The van der Waals surface area contributed by atoms with Crippen molar-refractivity contribution < 1.29 is 9.18 Å². The number of carbonyl (C=O) groups is 1. The molecule has 0 heterocycles. The minimum absolute atomic E-state index is 0.0109. The number of halogens is 1. The van der Waals surface area contributed by atoms with Gasteiger partial charge in [0.15, 0.2) is 0 Å². The van der Waals surface area contributed by atoms with Gasteiger partial charge < -0.3 is 11.1 Å². The van der Waals surface area contributed by atoms with Crippen molar-refractivity contribution in [2.75, 3.05) is 6.54 Å². The summed E-state index contributed by atoms with van der Waals surface area (Å²) in [4.78, 5) is 11.9. The SMILES string of the molecule is C[C@H](NC(=O)C1(CN)CC1)c1ccc(F)cc1. The maximum atomic E-state index is 12.8. The number of amides is 1. The molecule has 0 radical (unpaired) electrons. The Morgan fingerprint density at radius 1 is 1.47 bits per heavy atom. The molecule has 1 aliphatic rings. The van der Waals surface area contributed by atoms with Gasteiger partial charge >= 0.3 is 0 Å². The van der Waals surface area contributed by atoms with Gasteiger partial charge in [0, 0.05) is 6.54 Å². The Balaban J connectivity index is 1.99. The van der Waals surface area contributed by atoms with E-state index >= 15 is 0 Å². The van der Waals surface area contributed by atoms with E-state index in [1.807, 2.05) is 6.92 Å². The summed E-state index contributed by atoms with van der Waals surface area (Å²) in [5.41, 5.74) is 6.15. The van der Waals surface area contributed by atoms with E-state index in [1.165, 1.54) is 12.1 Å². The molecule has 1 aromatic rings. The van der Waals surface area contributed by atoms with Crippen molar-refractivity contribution in [3.8, 4) is 0 Å². The van der Waals surface area contributed by atoms with E-state index in [0.29, 0.717) is 6.54 Å². The van der Waals surface area contributed by atoms with Crippen LogP contribution in [0.3, 0.4) is 0 Å². The van der Waals surface area contributed by atoms with Crippen molar-refractivity contribution in [3.63, 3.8) is 0 Å². The van der Waals surface area contributed by atoms with Gasteiger partial charge in [-0.25, -0.2) is 4.39 Å². The summed E-state index contributed by atoms with van der Waals surface area (Å²) in [7, 11) is 0. The first kappa shape index (κ1) is 12.0. The molecule has 2 rings (SSSR count). The predicted molar refractivity (Wildman–Crippen MR) is 63.7 cm³/mol. The van der Waals surface area contributed by atoms with Gasteiger partial charge in [0.05, 0.1) is 11.5 Å². The molecule has 0 saturated heterocycles. The zero-order chi connectivity index (χ0) is 12.5. The minimum atomic E-state index is -0.339. The zero-order valence-electron chi connectivity index (χ0n) is 9.87. The maximum absolute atomic E-state index is 12.8. The summed E-state index contributed by atoms with van der Waals surface area (Å²) in [6, 6.07) is 6.04.